The zero-order valence-corrected chi connectivity index (χ0v) is 41.4. The van der Waals surface area contributed by atoms with Crippen LogP contribution in [0.1, 0.15) is 40.7 Å². The third-order valence-corrected chi connectivity index (χ3v) is 11.0. The van der Waals surface area contributed by atoms with Gasteiger partial charge in [0.15, 0.2) is 0 Å². The lowest BCUT2D eigenvalue weighted by Crippen LogP contribution is -2.55. The Balaban J connectivity index is 0.000000658. The zero-order chi connectivity index (χ0) is 59.1. The molecule has 1 fully saturated rings. The molecule has 0 aliphatic carbocycles. The first-order chi connectivity index (χ1) is 36.9. The molecule has 5 amide bonds. The number of nitrogen functional groups attached to an aromatic ring is 1. The number of nitrogens with one attached hydrogen (secondary N) is 6. The predicted octanol–water partition coefficient (Wildman–Crippen LogP) is 4.47. The molecular formula is C50H54F9N9O11. The van der Waals surface area contributed by atoms with E-state index in [1.165, 1.54) is 0 Å². The molecular weight excluding hydrogens is 1070 g/mol. The fraction of sp³-hybridized carbons (Fsp3) is 0.340. The Bertz CT molecular complexity index is 2650. The molecule has 20 nitrogen and oxygen atoms in total. The van der Waals surface area contributed by atoms with Gasteiger partial charge in [-0.3, -0.25) is 39.2 Å². The first-order valence-corrected chi connectivity index (χ1v) is 23.4. The summed E-state index contributed by atoms with van der Waals surface area (Å²) in [4.78, 5) is 98.1. The van der Waals surface area contributed by atoms with Crippen molar-refractivity contribution in [3.8, 4) is 0 Å². The number of nitrogens with two attached hydrogens (primary N) is 1. The van der Waals surface area contributed by atoms with E-state index in [1.807, 2.05) is 42.5 Å². The van der Waals surface area contributed by atoms with Crippen molar-refractivity contribution >= 4 is 64.7 Å². The van der Waals surface area contributed by atoms with E-state index in [2.05, 4.69) is 36.4 Å². The number of nitrogens with zero attached hydrogens (tertiary/aromatic N) is 2. The first-order valence-electron chi connectivity index (χ1n) is 23.4. The summed E-state index contributed by atoms with van der Waals surface area (Å²) in [6.07, 6.45) is -13.5. The van der Waals surface area contributed by atoms with E-state index in [9.17, 15) is 63.5 Å². The molecule has 0 spiro atoms. The van der Waals surface area contributed by atoms with E-state index in [4.69, 9.17) is 40.8 Å². The van der Waals surface area contributed by atoms with Gasteiger partial charge >= 0.3 is 36.4 Å². The molecule has 6 aliphatic rings. The fourth-order valence-corrected chi connectivity index (χ4v) is 7.00. The van der Waals surface area contributed by atoms with Crippen molar-refractivity contribution in [1.82, 2.24) is 25.8 Å². The second kappa shape index (κ2) is 30.4. The minimum absolute atomic E-state index is 0.0624. The van der Waals surface area contributed by atoms with Crippen LogP contribution < -0.4 is 32.3 Å². The summed E-state index contributed by atoms with van der Waals surface area (Å²) in [6, 6.07) is 29.0. The van der Waals surface area contributed by atoms with E-state index in [1.54, 1.807) is 60.7 Å². The quantitative estimate of drug-likeness (QED) is 0.0629. The van der Waals surface area contributed by atoms with Crippen LogP contribution in [0.15, 0.2) is 103 Å². The van der Waals surface area contributed by atoms with E-state index in [0.29, 0.717) is 56.0 Å². The molecule has 6 aliphatic heterocycles. The molecule has 0 aromatic heterocycles. The molecule has 11 N–H and O–H groups in total. The van der Waals surface area contributed by atoms with Crippen molar-refractivity contribution in [1.29, 1.82) is 5.41 Å². The zero-order valence-electron chi connectivity index (χ0n) is 41.4. The molecule has 0 unspecified atom stereocenters. The number of piperazine rings is 1. The van der Waals surface area contributed by atoms with Gasteiger partial charge in [0.2, 0.25) is 29.5 Å². The van der Waals surface area contributed by atoms with Crippen molar-refractivity contribution in [3.05, 3.63) is 131 Å². The minimum atomic E-state index is -5.08. The SMILES string of the molecule is N=C(N)c1ccc(CNC(=O)[C@@H]2Cc3ccc(cc3)NC(=O)CN3CCN(CC3)CC(=O)Nc3ccc(cc3)C[C@@H](NC(=O)CCCc3ccccc3)C(=O)N2)cc1.O=C(O)C(F)(F)F.O=C(O)C(F)(F)F.O=C(O)C(F)(F)F. The summed E-state index contributed by atoms with van der Waals surface area (Å²) < 4.78 is 95.2. The molecule has 4 aromatic rings. The number of amides is 5. The summed E-state index contributed by atoms with van der Waals surface area (Å²) in [5.74, 6) is -9.91. The van der Waals surface area contributed by atoms with Gasteiger partial charge in [-0.2, -0.15) is 39.5 Å². The van der Waals surface area contributed by atoms with Gasteiger partial charge in [0.05, 0.1) is 13.1 Å². The van der Waals surface area contributed by atoms with E-state index >= 15 is 0 Å². The topological polar surface area (TPSA) is 314 Å². The molecule has 6 bridgehead atoms. The van der Waals surface area contributed by atoms with E-state index in [-0.39, 0.29) is 62.5 Å². The Morgan fingerprint density at radius 2 is 1.03 bits per heavy atom. The van der Waals surface area contributed by atoms with Gasteiger partial charge < -0.3 is 47.6 Å². The average molecular weight is 1130 g/mol. The van der Waals surface area contributed by atoms with Gasteiger partial charge in [0.25, 0.3) is 0 Å². The Morgan fingerprint density at radius 1 is 0.608 bits per heavy atom. The number of amidine groups is 1. The number of alkyl halides is 9. The molecule has 2 atom stereocenters. The van der Waals surface area contributed by atoms with Crippen molar-refractivity contribution in [2.75, 3.05) is 49.9 Å². The summed E-state index contributed by atoms with van der Waals surface area (Å²) in [7, 11) is 0. The summed E-state index contributed by atoms with van der Waals surface area (Å²) in [6.45, 7) is 3.19. The van der Waals surface area contributed by atoms with Crippen LogP contribution in [0.4, 0.5) is 50.9 Å². The number of fused-ring (bicyclic) bond motifs is 1. The summed E-state index contributed by atoms with van der Waals surface area (Å²) >= 11 is 0. The summed E-state index contributed by atoms with van der Waals surface area (Å²) in [5.41, 5.74) is 10.7. The van der Waals surface area contributed by atoms with Crippen LogP contribution in [0, 0.1) is 5.41 Å². The highest BCUT2D eigenvalue weighted by Gasteiger charge is 2.39. The Hall–Kier alpha value is -8.60. The number of halogens is 9. The molecule has 0 radical (unpaired) electrons. The number of rotatable bonds is 9. The number of anilines is 2. The van der Waals surface area contributed by atoms with Crippen LogP contribution in [-0.2, 0) is 64.2 Å². The normalized spacial score (nSPS) is 17.9. The minimum Gasteiger partial charge on any atom is -0.475 e. The molecule has 10 rings (SSSR count). The molecule has 4 aromatic carbocycles. The maximum absolute atomic E-state index is 14.2. The van der Waals surface area contributed by atoms with Crippen LogP contribution in [0.3, 0.4) is 0 Å². The van der Waals surface area contributed by atoms with Crippen molar-refractivity contribution in [3.63, 3.8) is 0 Å². The molecule has 6 heterocycles. The fourth-order valence-electron chi connectivity index (χ4n) is 7.00. The number of benzene rings is 4. The Labute approximate surface area is 444 Å². The van der Waals surface area contributed by atoms with Crippen LogP contribution >= 0.6 is 0 Å². The monoisotopic (exact) mass is 1130 g/mol. The van der Waals surface area contributed by atoms with Crippen LogP contribution in [-0.4, -0.2) is 148 Å². The number of hydrogen-bond donors (Lipinski definition) is 10. The largest absolute Gasteiger partial charge is 0.490 e. The van der Waals surface area contributed by atoms with Crippen molar-refractivity contribution in [2.24, 2.45) is 5.73 Å². The number of carboxylic acid groups (broad SMARTS) is 3. The van der Waals surface area contributed by atoms with Crippen molar-refractivity contribution < 1.29 is 93.2 Å². The van der Waals surface area contributed by atoms with Crippen LogP contribution in [0.25, 0.3) is 0 Å². The highest BCUT2D eigenvalue weighted by Crippen LogP contribution is 2.18. The lowest BCUT2D eigenvalue weighted by molar-refractivity contribution is -0.193. The predicted molar refractivity (Wildman–Crippen MR) is 264 cm³/mol. The van der Waals surface area contributed by atoms with Crippen LogP contribution in [0.5, 0.6) is 0 Å². The molecule has 0 saturated carbocycles. The average Bonchev–Trinajstić information content (AvgIpc) is 3.37. The number of hydrogen-bond acceptors (Lipinski definition) is 11. The number of aryl methyl sites for hydroxylation is 1. The van der Waals surface area contributed by atoms with Gasteiger partial charge in [0.1, 0.15) is 17.9 Å². The standard InChI is InChI=1S/C44H51N9O5.3C2HF3O2/c45-42(46)34-15-9-33(10-16-34)27-47-43(57)37-25-31-11-17-35(18-12-31)48-40(55)28-52-21-23-53(24-22-52)29-41(56)49-36-19-13-32(14-20-36)26-38(44(58)51-37)50-39(54)8-4-7-30-5-2-1-3-6-30;3*3-2(4,5)1(6)7/h1-3,5-6,9-20,37-38H,4,7-8,21-29H2,(H3,45,46)(H,47,57)(H,48,55)(H,49,56)(H,50,54)(H,51,58);3*(H,6,7)/t37-,38+;;;/m0.../s1. The number of carbonyl (C=O) groups excluding carboxylic acids is 5. The third-order valence-electron chi connectivity index (χ3n) is 11.0. The second-order valence-electron chi connectivity index (χ2n) is 17.2. The summed E-state index contributed by atoms with van der Waals surface area (Å²) in [5, 5.41) is 43.7. The third kappa shape index (κ3) is 25.0. The van der Waals surface area contributed by atoms with Gasteiger partial charge in [-0.05, 0) is 59.4 Å². The van der Waals surface area contributed by atoms with Gasteiger partial charge in [-0.1, -0.05) is 78.9 Å². The number of carbonyl (C=O) groups is 8. The maximum atomic E-state index is 14.2. The smallest absolute Gasteiger partial charge is 0.475 e. The maximum Gasteiger partial charge on any atom is 0.490 e. The number of aliphatic carboxylic acids is 3. The van der Waals surface area contributed by atoms with Gasteiger partial charge in [0, 0.05) is 68.9 Å². The molecule has 79 heavy (non-hydrogen) atoms. The first kappa shape index (κ1) is 64.7. The lowest BCUT2D eigenvalue weighted by atomic mass is 10.0. The highest BCUT2D eigenvalue weighted by atomic mass is 19.4. The Kier molecular flexibility index (Phi) is 24.9. The van der Waals surface area contributed by atoms with Crippen LogP contribution in [0.2, 0.25) is 0 Å². The lowest BCUT2D eigenvalue weighted by Gasteiger charge is -2.33. The Morgan fingerprint density at radius 3 is 1.43 bits per heavy atom. The van der Waals surface area contributed by atoms with E-state index < -0.39 is 60.3 Å². The highest BCUT2D eigenvalue weighted by molar-refractivity contribution is 5.95. The molecule has 29 heteroatoms. The second-order valence-corrected chi connectivity index (χ2v) is 17.2. The molecule has 1 saturated heterocycles. The number of carboxylic acids is 3. The van der Waals surface area contributed by atoms with Gasteiger partial charge in [-0.25, -0.2) is 14.4 Å². The van der Waals surface area contributed by atoms with Crippen molar-refractivity contribution in [2.45, 2.75) is 69.3 Å². The molecule has 428 valence electrons. The van der Waals surface area contributed by atoms with Gasteiger partial charge in [-0.15, -0.1) is 0 Å². The van der Waals surface area contributed by atoms with E-state index in [0.717, 1.165) is 22.3 Å².